The zero-order valence-corrected chi connectivity index (χ0v) is 15.9. The molecule has 2 heterocycles. The first-order chi connectivity index (χ1) is 13.8. The lowest BCUT2D eigenvalue weighted by molar-refractivity contribution is -0.151. The van der Waals surface area contributed by atoms with Gasteiger partial charge in [0, 0.05) is 25.5 Å². The van der Waals surface area contributed by atoms with Gasteiger partial charge in [0.25, 0.3) is 0 Å². The Bertz CT molecular complexity index is 876. The van der Waals surface area contributed by atoms with Gasteiger partial charge in [0.15, 0.2) is 0 Å². The maximum atomic E-state index is 12.6. The van der Waals surface area contributed by atoms with Gasteiger partial charge in [-0.15, -0.1) is 0 Å². The number of nitrogens with zero attached hydrogens (tertiary/aromatic N) is 3. The molecule has 1 atom stereocenters. The number of aromatic nitrogens is 2. The van der Waals surface area contributed by atoms with Crippen molar-refractivity contribution in [3.63, 3.8) is 0 Å². The summed E-state index contributed by atoms with van der Waals surface area (Å²) in [6.45, 7) is 3.01. The number of likely N-dealkylation sites (tertiary alicyclic amines) is 1. The second-order valence-electron chi connectivity index (χ2n) is 7.28. The zero-order valence-electron chi connectivity index (χ0n) is 15.9. The third kappa shape index (κ3) is 4.67. The van der Waals surface area contributed by atoms with Gasteiger partial charge in [0.05, 0.1) is 11.6 Å². The van der Waals surface area contributed by atoms with E-state index in [4.69, 9.17) is 4.74 Å². The minimum atomic E-state index is -0.0890. The Kier molecular flexibility index (Phi) is 5.83. The van der Waals surface area contributed by atoms with Crippen LogP contribution < -0.4 is 0 Å². The average Bonchev–Trinajstić information content (AvgIpc) is 3.28. The normalized spacial score (nSPS) is 17.4. The van der Waals surface area contributed by atoms with Crippen LogP contribution in [0.3, 0.4) is 0 Å². The van der Waals surface area contributed by atoms with Gasteiger partial charge in [-0.2, -0.15) is 5.10 Å². The van der Waals surface area contributed by atoms with Gasteiger partial charge >= 0.3 is 5.97 Å². The number of rotatable bonds is 6. The Morgan fingerprint density at radius 3 is 2.61 bits per heavy atom. The lowest BCUT2D eigenvalue weighted by Crippen LogP contribution is -2.38. The third-order valence-electron chi connectivity index (χ3n) is 5.17. The first-order valence-electron chi connectivity index (χ1n) is 9.80. The number of piperidine rings is 1. The second kappa shape index (κ2) is 8.85. The molecule has 0 saturated carbocycles. The summed E-state index contributed by atoms with van der Waals surface area (Å²) in [6.07, 6.45) is 5.59. The first-order valence-corrected chi connectivity index (χ1v) is 9.80. The molecule has 1 fully saturated rings. The average molecular weight is 375 g/mol. The highest BCUT2D eigenvalue weighted by molar-refractivity contribution is 5.72. The molecule has 3 aromatic rings. The van der Waals surface area contributed by atoms with E-state index in [1.165, 1.54) is 5.56 Å². The maximum Gasteiger partial charge on any atom is 0.310 e. The molecule has 1 unspecified atom stereocenters. The molecule has 144 valence electrons. The zero-order chi connectivity index (χ0) is 19.2. The van der Waals surface area contributed by atoms with Crippen molar-refractivity contribution in [1.82, 2.24) is 14.7 Å². The van der Waals surface area contributed by atoms with Crippen LogP contribution in [0.4, 0.5) is 0 Å². The molecule has 2 aromatic carbocycles. The van der Waals surface area contributed by atoms with Crippen molar-refractivity contribution in [2.75, 3.05) is 13.1 Å². The first kappa shape index (κ1) is 18.4. The van der Waals surface area contributed by atoms with Crippen LogP contribution >= 0.6 is 0 Å². The monoisotopic (exact) mass is 375 g/mol. The van der Waals surface area contributed by atoms with Crippen molar-refractivity contribution in [3.8, 4) is 5.69 Å². The van der Waals surface area contributed by atoms with Crippen LogP contribution in [0.25, 0.3) is 5.69 Å². The second-order valence-corrected chi connectivity index (χ2v) is 7.28. The predicted molar refractivity (Wildman–Crippen MR) is 108 cm³/mol. The molecule has 1 aliphatic rings. The number of carbonyl (C=O) groups is 1. The number of esters is 1. The molecule has 0 spiro atoms. The standard InChI is InChI=1S/C23H25N3O2/c27-23(21-8-4-14-25(17-21)16-19-6-2-1-3-7-19)28-18-20-9-11-22(12-10-20)26-15-5-13-24-26/h1-3,5-7,9-13,15,21H,4,8,14,16-18H2. The molecule has 0 bridgehead atoms. The highest BCUT2D eigenvalue weighted by Gasteiger charge is 2.27. The van der Waals surface area contributed by atoms with E-state index in [-0.39, 0.29) is 11.9 Å². The summed E-state index contributed by atoms with van der Waals surface area (Å²) in [5.74, 6) is -0.130. The largest absolute Gasteiger partial charge is 0.461 e. The predicted octanol–water partition coefficient (Wildman–Crippen LogP) is 3.83. The van der Waals surface area contributed by atoms with Crippen molar-refractivity contribution >= 4 is 5.97 Å². The molecule has 1 aliphatic heterocycles. The number of hydrogen-bond donors (Lipinski definition) is 0. The number of ether oxygens (including phenoxy) is 1. The molecule has 4 rings (SSSR count). The van der Waals surface area contributed by atoms with E-state index >= 15 is 0 Å². The Balaban J connectivity index is 1.28. The highest BCUT2D eigenvalue weighted by Crippen LogP contribution is 2.20. The van der Waals surface area contributed by atoms with Crippen molar-refractivity contribution in [2.45, 2.75) is 26.0 Å². The van der Waals surface area contributed by atoms with Crippen LogP contribution in [0.5, 0.6) is 0 Å². The molecule has 0 N–H and O–H groups in total. The SMILES string of the molecule is O=C(OCc1ccc(-n2cccn2)cc1)C1CCCN(Cc2ccccc2)C1. The van der Waals surface area contributed by atoms with Crippen LogP contribution in [0.15, 0.2) is 73.1 Å². The van der Waals surface area contributed by atoms with Crippen LogP contribution in [-0.2, 0) is 22.7 Å². The maximum absolute atomic E-state index is 12.6. The summed E-state index contributed by atoms with van der Waals surface area (Å²) < 4.78 is 7.41. The van der Waals surface area contributed by atoms with Crippen molar-refractivity contribution < 1.29 is 9.53 Å². The topological polar surface area (TPSA) is 47.4 Å². The van der Waals surface area contributed by atoms with E-state index in [0.717, 1.165) is 43.7 Å². The minimum Gasteiger partial charge on any atom is -0.461 e. The molecule has 0 amide bonds. The highest BCUT2D eigenvalue weighted by atomic mass is 16.5. The van der Waals surface area contributed by atoms with Crippen LogP contribution in [0.2, 0.25) is 0 Å². The number of benzene rings is 2. The molecule has 5 nitrogen and oxygen atoms in total. The summed E-state index contributed by atoms with van der Waals surface area (Å²) in [5, 5.41) is 4.22. The Morgan fingerprint density at radius 1 is 1.04 bits per heavy atom. The summed E-state index contributed by atoms with van der Waals surface area (Å²) in [5.41, 5.74) is 3.26. The number of carbonyl (C=O) groups excluding carboxylic acids is 1. The van der Waals surface area contributed by atoms with Crippen LogP contribution in [0.1, 0.15) is 24.0 Å². The van der Waals surface area contributed by atoms with Gasteiger partial charge in [0.2, 0.25) is 0 Å². The van der Waals surface area contributed by atoms with Gasteiger partial charge in [-0.3, -0.25) is 9.69 Å². The summed E-state index contributed by atoms with van der Waals surface area (Å²) in [6, 6.07) is 20.2. The van der Waals surface area contributed by atoms with Crippen LogP contribution in [-0.4, -0.2) is 33.7 Å². The molecular formula is C23H25N3O2. The summed E-state index contributed by atoms with van der Waals surface area (Å²) in [7, 11) is 0. The smallest absolute Gasteiger partial charge is 0.310 e. The van der Waals surface area contributed by atoms with Gasteiger partial charge in [-0.05, 0) is 48.7 Å². The van der Waals surface area contributed by atoms with E-state index in [2.05, 4.69) is 34.3 Å². The van der Waals surface area contributed by atoms with E-state index < -0.39 is 0 Å². The third-order valence-corrected chi connectivity index (χ3v) is 5.17. The molecule has 1 saturated heterocycles. The number of hydrogen-bond acceptors (Lipinski definition) is 4. The van der Waals surface area contributed by atoms with Crippen molar-refractivity contribution in [1.29, 1.82) is 0 Å². The molecule has 0 aliphatic carbocycles. The Hall–Kier alpha value is -2.92. The van der Waals surface area contributed by atoms with Gasteiger partial charge in [0.1, 0.15) is 6.61 Å². The van der Waals surface area contributed by atoms with E-state index in [1.54, 1.807) is 10.9 Å². The Morgan fingerprint density at radius 2 is 1.86 bits per heavy atom. The fourth-order valence-electron chi connectivity index (χ4n) is 3.67. The molecule has 28 heavy (non-hydrogen) atoms. The van der Waals surface area contributed by atoms with E-state index in [1.807, 2.05) is 42.6 Å². The lowest BCUT2D eigenvalue weighted by atomic mass is 9.97. The Labute approximate surface area is 165 Å². The molecule has 0 radical (unpaired) electrons. The van der Waals surface area contributed by atoms with Gasteiger partial charge in [-0.1, -0.05) is 42.5 Å². The quantitative estimate of drug-likeness (QED) is 0.615. The lowest BCUT2D eigenvalue weighted by Gasteiger charge is -2.31. The van der Waals surface area contributed by atoms with Crippen molar-refractivity contribution in [2.24, 2.45) is 5.92 Å². The van der Waals surface area contributed by atoms with Crippen LogP contribution in [0, 0.1) is 5.92 Å². The minimum absolute atomic E-state index is 0.0409. The van der Waals surface area contributed by atoms with E-state index in [9.17, 15) is 4.79 Å². The van der Waals surface area contributed by atoms with Gasteiger partial charge < -0.3 is 4.74 Å². The molecule has 5 heteroatoms. The fraction of sp³-hybridized carbons (Fsp3) is 0.304. The van der Waals surface area contributed by atoms with Crippen molar-refractivity contribution in [3.05, 3.63) is 84.2 Å². The van der Waals surface area contributed by atoms with E-state index in [0.29, 0.717) is 6.61 Å². The molecular weight excluding hydrogens is 350 g/mol. The van der Waals surface area contributed by atoms with Gasteiger partial charge in [-0.25, -0.2) is 4.68 Å². The fourth-order valence-corrected chi connectivity index (χ4v) is 3.67. The summed E-state index contributed by atoms with van der Waals surface area (Å²) in [4.78, 5) is 14.9. The molecule has 1 aromatic heterocycles. The summed E-state index contributed by atoms with van der Waals surface area (Å²) >= 11 is 0.